The standard InChI is InChI=1S/C13H19NO2S/c1-11-6-4-5-7-12(11)16-9-8-14(2)13(15)10-17-3/h4-7H,8-10H2,1-3H3. The summed E-state index contributed by atoms with van der Waals surface area (Å²) in [4.78, 5) is 13.2. The minimum absolute atomic E-state index is 0.144. The van der Waals surface area contributed by atoms with Crippen LogP contribution in [0.5, 0.6) is 5.75 Å². The predicted molar refractivity (Wildman–Crippen MR) is 72.7 cm³/mol. The van der Waals surface area contributed by atoms with Crippen molar-refractivity contribution in [3.8, 4) is 5.75 Å². The molecule has 0 heterocycles. The van der Waals surface area contributed by atoms with Gasteiger partial charge in [0.2, 0.25) is 5.91 Å². The highest BCUT2D eigenvalue weighted by atomic mass is 32.2. The number of hydrogen-bond donors (Lipinski definition) is 0. The van der Waals surface area contributed by atoms with Crippen LogP contribution in [0.25, 0.3) is 0 Å². The van der Waals surface area contributed by atoms with Gasteiger partial charge in [-0.25, -0.2) is 0 Å². The molecule has 0 N–H and O–H groups in total. The molecule has 94 valence electrons. The van der Waals surface area contributed by atoms with Crippen molar-refractivity contribution in [1.82, 2.24) is 4.90 Å². The van der Waals surface area contributed by atoms with Crippen LogP contribution in [0.4, 0.5) is 0 Å². The lowest BCUT2D eigenvalue weighted by atomic mass is 10.2. The molecular weight excluding hydrogens is 234 g/mol. The van der Waals surface area contributed by atoms with E-state index in [9.17, 15) is 4.79 Å². The minimum atomic E-state index is 0.144. The number of para-hydroxylation sites is 1. The van der Waals surface area contributed by atoms with E-state index >= 15 is 0 Å². The van der Waals surface area contributed by atoms with Crippen LogP contribution in [-0.2, 0) is 4.79 Å². The third-order valence-corrected chi connectivity index (χ3v) is 3.01. The number of carbonyl (C=O) groups is 1. The number of thioether (sulfide) groups is 1. The van der Waals surface area contributed by atoms with Crippen LogP contribution in [0.2, 0.25) is 0 Å². The summed E-state index contributed by atoms with van der Waals surface area (Å²) < 4.78 is 5.64. The van der Waals surface area contributed by atoms with Gasteiger partial charge in [0, 0.05) is 7.05 Å². The average Bonchev–Trinajstić information content (AvgIpc) is 2.31. The molecule has 4 heteroatoms. The predicted octanol–water partition coefficient (Wildman–Crippen LogP) is 2.20. The Balaban J connectivity index is 2.33. The first-order chi connectivity index (χ1) is 8.15. The Morgan fingerprint density at radius 3 is 2.76 bits per heavy atom. The first kappa shape index (κ1) is 13.9. The molecule has 0 atom stereocenters. The van der Waals surface area contributed by atoms with Crippen molar-refractivity contribution in [3.05, 3.63) is 29.8 Å². The molecule has 0 fully saturated rings. The van der Waals surface area contributed by atoms with Gasteiger partial charge in [0.1, 0.15) is 12.4 Å². The molecule has 3 nitrogen and oxygen atoms in total. The Morgan fingerprint density at radius 2 is 2.12 bits per heavy atom. The largest absolute Gasteiger partial charge is 0.491 e. The molecule has 0 aliphatic carbocycles. The molecule has 0 unspecified atom stereocenters. The van der Waals surface area contributed by atoms with Crippen LogP contribution in [-0.4, -0.2) is 43.0 Å². The second kappa shape index (κ2) is 7.22. The molecular formula is C13H19NO2S. The van der Waals surface area contributed by atoms with Crippen LogP contribution < -0.4 is 4.74 Å². The van der Waals surface area contributed by atoms with Crippen LogP contribution in [0.1, 0.15) is 5.56 Å². The SMILES string of the molecule is CSCC(=O)N(C)CCOc1ccccc1C. The topological polar surface area (TPSA) is 29.5 Å². The molecule has 0 radical (unpaired) electrons. The number of nitrogens with zero attached hydrogens (tertiary/aromatic N) is 1. The molecule has 0 spiro atoms. The fraction of sp³-hybridized carbons (Fsp3) is 0.462. The summed E-state index contributed by atoms with van der Waals surface area (Å²) in [6.07, 6.45) is 1.93. The van der Waals surface area contributed by atoms with Crippen molar-refractivity contribution in [1.29, 1.82) is 0 Å². The summed E-state index contributed by atoms with van der Waals surface area (Å²) in [6.45, 7) is 3.16. The molecule has 1 aromatic carbocycles. The van der Waals surface area contributed by atoms with E-state index in [2.05, 4.69) is 0 Å². The van der Waals surface area contributed by atoms with Crippen molar-refractivity contribution in [2.75, 3.05) is 32.2 Å². The van der Waals surface area contributed by atoms with E-state index in [0.29, 0.717) is 18.9 Å². The minimum Gasteiger partial charge on any atom is -0.491 e. The van der Waals surface area contributed by atoms with Gasteiger partial charge in [0.05, 0.1) is 12.3 Å². The second-order valence-corrected chi connectivity index (χ2v) is 4.73. The third kappa shape index (κ3) is 4.69. The van der Waals surface area contributed by atoms with E-state index in [0.717, 1.165) is 11.3 Å². The molecule has 1 amide bonds. The monoisotopic (exact) mass is 253 g/mol. The highest BCUT2D eigenvalue weighted by Crippen LogP contribution is 2.15. The van der Waals surface area contributed by atoms with Crippen molar-refractivity contribution in [3.63, 3.8) is 0 Å². The van der Waals surface area contributed by atoms with Gasteiger partial charge >= 0.3 is 0 Å². The number of likely N-dealkylation sites (N-methyl/N-ethyl adjacent to an activating group) is 1. The number of carbonyl (C=O) groups excluding carboxylic acids is 1. The Kier molecular flexibility index (Phi) is 5.91. The van der Waals surface area contributed by atoms with Crippen molar-refractivity contribution in [2.45, 2.75) is 6.92 Å². The fourth-order valence-electron chi connectivity index (χ4n) is 1.37. The summed E-state index contributed by atoms with van der Waals surface area (Å²) in [7, 11) is 1.81. The molecule has 0 aliphatic heterocycles. The first-order valence-electron chi connectivity index (χ1n) is 5.56. The van der Waals surface area contributed by atoms with Crippen LogP contribution in [0, 0.1) is 6.92 Å². The Hall–Kier alpha value is -1.16. The maximum atomic E-state index is 11.5. The van der Waals surface area contributed by atoms with E-state index in [4.69, 9.17) is 4.74 Å². The number of benzene rings is 1. The summed E-state index contributed by atoms with van der Waals surface area (Å²) >= 11 is 1.54. The number of amides is 1. The van der Waals surface area contributed by atoms with E-state index in [1.54, 1.807) is 11.9 Å². The number of hydrogen-bond acceptors (Lipinski definition) is 3. The van der Waals surface area contributed by atoms with Gasteiger partial charge in [-0.05, 0) is 24.8 Å². The quantitative estimate of drug-likeness (QED) is 0.778. The van der Waals surface area contributed by atoms with Gasteiger partial charge in [-0.1, -0.05) is 18.2 Å². The smallest absolute Gasteiger partial charge is 0.232 e. The molecule has 0 aromatic heterocycles. The van der Waals surface area contributed by atoms with E-state index in [1.807, 2.05) is 37.4 Å². The second-order valence-electron chi connectivity index (χ2n) is 3.86. The lowest BCUT2D eigenvalue weighted by Gasteiger charge is -2.17. The highest BCUT2D eigenvalue weighted by Gasteiger charge is 2.07. The van der Waals surface area contributed by atoms with Gasteiger partial charge in [-0.2, -0.15) is 11.8 Å². The van der Waals surface area contributed by atoms with Crippen molar-refractivity contribution >= 4 is 17.7 Å². The highest BCUT2D eigenvalue weighted by molar-refractivity contribution is 7.99. The van der Waals surface area contributed by atoms with E-state index in [-0.39, 0.29) is 5.91 Å². The zero-order valence-electron chi connectivity index (χ0n) is 10.6. The van der Waals surface area contributed by atoms with Gasteiger partial charge in [0.25, 0.3) is 0 Å². The summed E-state index contributed by atoms with van der Waals surface area (Å²) in [5.41, 5.74) is 1.12. The van der Waals surface area contributed by atoms with E-state index < -0.39 is 0 Å². The van der Waals surface area contributed by atoms with Gasteiger partial charge in [-0.15, -0.1) is 0 Å². The zero-order chi connectivity index (χ0) is 12.7. The van der Waals surface area contributed by atoms with Gasteiger partial charge in [-0.3, -0.25) is 4.79 Å². The van der Waals surface area contributed by atoms with E-state index in [1.165, 1.54) is 11.8 Å². The number of aryl methyl sites for hydroxylation is 1. The molecule has 17 heavy (non-hydrogen) atoms. The molecule has 1 aromatic rings. The number of ether oxygens (including phenoxy) is 1. The van der Waals surface area contributed by atoms with Crippen molar-refractivity contribution < 1.29 is 9.53 Å². The summed E-state index contributed by atoms with van der Waals surface area (Å²) in [5, 5.41) is 0. The van der Waals surface area contributed by atoms with Crippen LogP contribution >= 0.6 is 11.8 Å². The lowest BCUT2D eigenvalue weighted by Crippen LogP contribution is -2.32. The number of rotatable bonds is 6. The van der Waals surface area contributed by atoms with Crippen molar-refractivity contribution in [2.24, 2.45) is 0 Å². The van der Waals surface area contributed by atoms with Gasteiger partial charge in [0.15, 0.2) is 0 Å². The first-order valence-corrected chi connectivity index (χ1v) is 6.96. The average molecular weight is 253 g/mol. The molecule has 0 aliphatic rings. The Labute approximate surface area is 107 Å². The lowest BCUT2D eigenvalue weighted by molar-refractivity contribution is -0.127. The maximum absolute atomic E-state index is 11.5. The molecule has 0 saturated carbocycles. The zero-order valence-corrected chi connectivity index (χ0v) is 11.4. The molecule has 0 bridgehead atoms. The normalized spacial score (nSPS) is 10.1. The summed E-state index contributed by atoms with van der Waals surface area (Å²) in [6, 6.07) is 7.89. The Bertz CT molecular complexity index is 368. The third-order valence-electron chi connectivity index (χ3n) is 2.47. The molecule has 1 rings (SSSR count). The van der Waals surface area contributed by atoms with Gasteiger partial charge < -0.3 is 9.64 Å². The van der Waals surface area contributed by atoms with Crippen LogP contribution in [0.15, 0.2) is 24.3 Å². The summed E-state index contributed by atoms with van der Waals surface area (Å²) in [5.74, 6) is 1.56. The maximum Gasteiger partial charge on any atom is 0.232 e. The fourth-order valence-corrected chi connectivity index (χ4v) is 1.84. The Morgan fingerprint density at radius 1 is 1.41 bits per heavy atom. The molecule has 0 saturated heterocycles. The van der Waals surface area contributed by atoms with Crippen LogP contribution in [0.3, 0.4) is 0 Å².